The first-order valence-electron chi connectivity index (χ1n) is 12.6. The smallest absolute Gasteiger partial charge is 0.434 e. The first kappa shape index (κ1) is 32.3. The van der Waals surface area contributed by atoms with E-state index in [1.165, 1.54) is 44.4 Å². The molecule has 0 amide bonds. The molecule has 43 heavy (non-hydrogen) atoms. The highest BCUT2D eigenvalue weighted by atomic mass is 79.9. The number of benzene rings is 2. The molecule has 1 atom stereocenters. The minimum absolute atomic E-state index is 0.0366. The fourth-order valence-electron chi connectivity index (χ4n) is 4.28. The van der Waals surface area contributed by atoms with Crippen LogP contribution in [0.5, 0.6) is 11.5 Å². The van der Waals surface area contributed by atoms with Crippen LogP contribution < -0.4 is 24.4 Å². The van der Waals surface area contributed by atoms with Crippen LogP contribution in [0.1, 0.15) is 31.0 Å². The van der Waals surface area contributed by atoms with E-state index in [-0.39, 0.29) is 45.2 Å². The Morgan fingerprint density at radius 3 is 2.42 bits per heavy atom. The van der Waals surface area contributed by atoms with E-state index < -0.39 is 47.6 Å². The maximum absolute atomic E-state index is 14.3. The van der Waals surface area contributed by atoms with Crippen molar-refractivity contribution >= 4 is 56.9 Å². The van der Waals surface area contributed by atoms with Crippen LogP contribution in [0, 0.1) is 0 Å². The van der Waals surface area contributed by atoms with Crippen LogP contribution in [-0.2, 0) is 19.1 Å². The Labute approximate surface area is 259 Å². The van der Waals surface area contributed by atoms with Crippen LogP contribution in [0.2, 0.25) is 5.02 Å². The van der Waals surface area contributed by atoms with E-state index in [0.29, 0.717) is 20.8 Å². The van der Waals surface area contributed by atoms with Crippen molar-refractivity contribution in [3.8, 4) is 11.5 Å². The van der Waals surface area contributed by atoms with Gasteiger partial charge in [0.05, 0.1) is 36.5 Å². The molecule has 9 nitrogen and oxygen atoms in total. The Morgan fingerprint density at radius 1 is 1.14 bits per heavy atom. The Bertz CT molecular complexity index is 1770. The normalized spacial score (nSPS) is 15.1. The highest BCUT2D eigenvalue weighted by Crippen LogP contribution is 2.39. The second-order valence-corrected chi connectivity index (χ2v) is 11.1. The number of carbonyl (C=O) groups excluding carboxylic acids is 2. The SMILES string of the molecule is CCOC(=O)COc1c(/C=c2\sc3n(c2=O)[C@@H](c2ccc(Cl)cc2)C(C(=O)OCC)=C(C(F)(F)F)N=3)cc(Br)cc1OC. The summed E-state index contributed by atoms with van der Waals surface area (Å²) in [5.41, 5.74) is -2.59. The number of fused-ring (bicyclic) bond motifs is 1. The predicted molar refractivity (Wildman–Crippen MR) is 155 cm³/mol. The molecule has 0 saturated carbocycles. The molecular formula is C28H23BrClF3N2O7S. The summed E-state index contributed by atoms with van der Waals surface area (Å²) in [5, 5.41) is 0.299. The van der Waals surface area contributed by atoms with E-state index in [4.69, 9.17) is 30.5 Å². The molecule has 0 saturated heterocycles. The topological polar surface area (TPSA) is 105 Å². The highest BCUT2D eigenvalue weighted by molar-refractivity contribution is 9.10. The molecule has 0 fully saturated rings. The lowest BCUT2D eigenvalue weighted by Crippen LogP contribution is -2.41. The monoisotopic (exact) mass is 702 g/mol. The number of methoxy groups -OCH3 is 1. The number of hydrogen-bond donors (Lipinski definition) is 0. The fourth-order valence-corrected chi connectivity index (χ4v) is 5.85. The lowest BCUT2D eigenvalue weighted by Gasteiger charge is -2.26. The molecule has 0 spiro atoms. The molecule has 4 rings (SSSR count). The van der Waals surface area contributed by atoms with Crippen LogP contribution in [-0.4, -0.2) is 49.6 Å². The predicted octanol–water partition coefficient (Wildman–Crippen LogP) is 4.71. The molecule has 3 aromatic rings. The molecule has 0 radical (unpaired) electrons. The third-order valence-corrected chi connectivity index (χ3v) is 7.67. The standard InChI is InChI=1S/C28H23BrClF3N2O7S/c1-4-40-20(36)13-42-23-15(10-16(29)12-18(23)39-3)11-19-25(37)35-22(14-6-8-17(30)9-7-14)21(26(38)41-5-2)24(28(31,32)33)34-27(35)43-19/h6-12,22H,4-5,13H2,1-3H3/b19-11-/t22-/m0/s1. The van der Waals surface area contributed by atoms with Gasteiger partial charge in [0.15, 0.2) is 28.6 Å². The van der Waals surface area contributed by atoms with E-state index in [0.717, 1.165) is 4.57 Å². The lowest BCUT2D eigenvalue weighted by atomic mass is 9.95. The van der Waals surface area contributed by atoms with Gasteiger partial charge in [0.25, 0.3) is 5.56 Å². The number of carbonyl (C=O) groups is 2. The number of aromatic nitrogens is 1. The lowest BCUT2D eigenvalue weighted by molar-refractivity contribution is -0.145. The van der Waals surface area contributed by atoms with Gasteiger partial charge in [-0.2, -0.15) is 13.2 Å². The van der Waals surface area contributed by atoms with Crippen LogP contribution in [0.3, 0.4) is 0 Å². The zero-order valence-electron chi connectivity index (χ0n) is 22.8. The van der Waals surface area contributed by atoms with E-state index in [1.54, 1.807) is 19.1 Å². The van der Waals surface area contributed by atoms with Crippen molar-refractivity contribution < 1.29 is 41.7 Å². The van der Waals surface area contributed by atoms with Crippen LogP contribution in [0.4, 0.5) is 13.2 Å². The molecule has 2 aromatic carbocycles. The van der Waals surface area contributed by atoms with Crippen molar-refractivity contribution in [1.82, 2.24) is 4.57 Å². The average Bonchev–Trinajstić information content (AvgIpc) is 3.26. The van der Waals surface area contributed by atoms with E-state index in [9.17, 15) is 27.6 Å². The van der Waals surface area contributed by atoms with Gasteiger partial charge in [-0.05, 0) is 49.8 Å². The molecule has 1 aliphatic rings. The number of halogens is 5. The van der Waals surface area contributed by atoms with Gasteiger partial charge < -0.3 is 18.9 Å². The average molecular weight is 704 g/mol. The minimum Gasteiger partial charge on any atom is -0.493 e. The Hall–Kier alpha value is -3.62. The van der Waals surface area contributed by atoms with Gasteiger partial charge in [-0.3, -0.25) is 9.36 Å². The number of hydrogen-bond acceptors (Lipinski definition) is 9. The van der Waals surface area contributed by atoms with Gasteiger partial charge >= 0.3 is 18.1 Å². The van der Waals surface area contributed by atoms with E-state index in [1.807, 2.05) is 0 Å². The molecular weight excluding hydrogens is 681 g/mol. The zero-order chi connectivity index (χ0) is 31.5. The van der Waals surface area contributed by atoms with Crippen molar-refractivity contribution in [3.05, 3.63) is 88.0 Å². The van der Waals surface area contributed by atoms with Gasteiger partial charge in [-0.25, -0.2) is 14.6 Å². The van der Waals surface area contributed by atoms with E-state index >= 15 is 0 Å². The fraction of sp³-hybridized carbons (Fsp3) is 0.286. The number of allylic oxidation sites excluding steroid dienone is 1. The first-order chi connectivity index (χ1) is 20.4. The number of alkyl halides is 3. The maximum Gasteiger partial charge on any atom is 0.434 e. The van der Waals surface area contributed by atoms with E-state index in [2.05, 4.69) is 20.9 Å². The second-order valence-electron chi connectivity index (χ2n) is 8.73. The molecule has 15 heteroatoms. The van der Waals surface area contributed by atoms with Gasteiger partial charge in [-0.1, -0.05) is 51.0 Å². The molecule has 228 valence electrons. The van der Waals surface area contributed by atoms with Gasteiger partial charge in [0.2, 0.25) is 0 Å². The second kappa shape index (κ2) is 13.3. The number of ether oxygens (including phenoxy) is 4. The first-order valence-corrected chi connectivity index (χ1v) is 14.6. The molecule has 1 aromatic heterocycles. The summed E-state index contributed by atoms with van der Waals surface area (Å²) in [6.07, 6.45) is -3.68. The molecule has 0 unspecified atom stereocenters. The number of nitrogens with zero attached hydrogens (tertiary/aromatic N) is 2. The third-order valence-electron chi connectivity index (χ3n) is 5.98. The molecule has 0 bridgehead atoms. The Balaban J connectivity index is 1.99. The Morgan fingerprint density at radius 2 is 1.81 bits per heavy atom. The highest BCUT2D eigenvalue weighted by Gasteiger charge is 2.45. The van der Waals surface area contributed by atoms with Crippen LogP contribution in [0.15, 0.2) is 61.9 Å². The summed E-state index contributed by atoms with van der Waals surface area (Å²) in [4.78, 5) is 42.3. The molecule has 1 aliphatic heterocycles. The van der Waals surface area contributed by atoms with Crippen molar-refractivity contribution in [2.24, 2.45) is 4.99 Å². The van der Waals surface area contributed by atoms with Crippen molar-refractivity contribution in [3.63, 3.8) is 0 Å². The number of esters is 2. The van der Waals surface area contributed by atoms with Gasteiger partial charge in [0, 0.05) is 15.1 Å². The maximum atomic E-state index is 14.3. The minimum atomic E-state index is -5.05. The Kier molecular flexibility index (Phi) is 10.0. The number of thiazole rings is 1. The summed E-state index contributed by atoms with van der Waals surface area (Å²) in [6, 6.07) is 7.33. The molecule has 0 N–H and O–H groups in total. The van der Waals surface area contributed by atoms with Crippen LogP contribution in [0.25, 0.3) is 6.08 Å². The summed E-state index contributed by atoms with van der Waals surface area (Å²) in [5.74, 6) is -1.62. The van der Waals surface area contributed by atoms with Crippen molar-refractivity contribution in [1.29, 1.82) is 0 Å². The van der Waals surface area contributed by atoms with Crippen molar-refractivity contribution in [2.45, 2.75) is 26.1 Å². The van der Waals surface area contributed by atoms with Crippen LogP contribution >= 0.6 is 38.9 Å². The summed E-state index contributed by atoms with van der Waals surface area (Å²) >= 11 is 10.0. The zero-order valence-corrected chi connectivity index (χ0v) is 25.9. The quantitative estimate of drug-likeness (QED) is 0.298. The molecule has 2 heterocycles. The largest absolute Gasteiger partial charge is 0.493 e. The third kappa shape index (κ3) is 6.97. The summed E-state index contributed by atoms with van der Waals surface area (Å²) in [7, 11) is 1.37. The summed E-state index contributed by atoms with van der Waals surface area (Å²) < 4.78 is 65.4. The van der Waals surface area contributed by atoms with Crippen molar-refractivity contribution in [2.75, 3.05) is 26.9 Å². The number of rotatable bonds is 9. The van der Waals surface area contributed by atoms with Gasteiger partial charge in [-0.15, -0.1) is 0 Å². The molecule has 0 aliphatic carbocycles. The van der Waals surface area contributed by atoms with Gasteiger partial charge in [0.1, 0.15) is 0 Å². The summed E-state index contributed by atoms with van der Waals surface area (Å²) in [6.45, 7) is 2.55.